The molecule has 0 aromatic carbocycles. The topological polar surface area (TPSA) is 79.4 Å². The second kappa shape index (κ2) is 4.15. The average molecular weight is 259 g/mol. The summed E-state index contributed by atoms with van der Waals surface area (Å²) in [6.07, 6.45) is 2.25. The summed E-state index contributed by atoms with van der Waals surface area (Å²) in [7, 11) is 0. The molecule has 0 radical (unpaired) electrons. The predicted molar refractivity (Wildman–Crippen MR) is 65.0 cm³/mol. The van der Waals surface area contributed by atoms with Crippen molar-refractivity contribution in [3.05, 3.63) is 29.1 Å². The minimum absolute atomic E-state index is 0.157. The first-order valence-corrected chi connectivity index (χ1v) is 6.17. The molecule has 1 aromatic rings. The molecule has 1 fully saturated rings. The van der Waals surface area contributed by atoms with E-state index in [0.717, 1.165) is 11.3 Å². The van der Waals surface area contributed by atoms with E-state index >= 15 is 0 Å². The maximum atomic E-state index is 12.3. The van der Waals surface area contributed by atoms with Crippen molar-refractivity contribution in [1.29, 1.82) is 0 Å². The van der Waals surface area contributed by atoms with Crippen molar-refractivity contribution < 1.29 is 14.4 Å². The molecule has 3 rings (SSSR count). The third-order valence-electron chi connectivity index (χ3n) is 3.68. The van der Waals surface area contributed by atoms with Crippen molar-refractivity contribution >= 4 is 17.7 Å². The lowest BCUT2D eigenvalue weighted by atomic mass is 10.0. The van der Waals surface area contributed by atoms with E-state index in [1.165, 1.54) is 4.90 Å². The lowest BCUT2D eigenvalue weighted by Crippen LogP contribution is -2.52. The number of hydrogen-bond acceptors (Lipinski definition) is 4. The number of piperidine rings is 1. The molecule has 3 amide bonds. The zero-order valence-corrected chi connectivity index (χ0v) is 10.5. The van der Waals surface area contributed by atoms with Gasteiger partial charge in [-0.15, -0.1) is 0 Å². The number of amides is 3. The Morgan fingerprint density at radius 1 is 1.37 bits per heavy atom. The van der Waals surface area contributed by atoms with Gasteiger partial charge < -0.3 is 4.90 Å². The Hall–Kier alpha value is -2.24. The maximum absolute atomic E-state index is 12.3. The Balaban J connectivity index is 1.90. The molecule has 1 unspecified atom stereocenters. The van der Waals surface area contributed by atoms with E-state index in [1.54, 1.807) is 12.3 Å². The minimum Gasteiger partial charge on any atom is -0.322 e. The van der Waals surface area contributed by atoms with Gasteiger partial charge in [0.05, 0.1) is 0 Å². The maximum Gasteiger partial charge on any atom is 0.255 e. The number of fused-ring (bicyclic) bond motifs is 1. The van der Waals surface area contributed by atoms with Crippen LogP contribution in [0.1, 0.15) is 34.5 Å². The highest BCUT2D eigenvalue weighted by Gasteiger charge is 2.39. The molecule has 19 heavy (non-hydrogen) atoms. The molecule has 0 saturated carbocycles. The second-order valence-corrected chi connectivity index (χ2v) is 4.82. The molecular weight excluding hydrogens is 246 g/mol. The van der Waals surface area contributed by atoms with Gasteiger partial charge in [-0.25, -0.2) is 0 Å². The van der Waals surface area contributed by atoms with Gasteiger partial charge in [-0.3, -0.25) is 24.7 Å². The second-order valence-electron chi connectivity index (χ2n) is 4.82. The average Bonchev–Trinajstić information content (AvgIpc) is 2.69. The van der Waals surface area contributed by atoms with Crippen LogP contribution in [-0.4, -0.2) is 33.6 Å². The summed E-state index contributed by atoms with van der Waals surface area (Å²) < 4.78 is 0. The number of pyridine rings is 1. The van der Waals surface area contributed by atoms with Gasteiger partial charge in [0.1, 0.15) is 6.04 Å². The van der Waals surface area contributed by atoms with Crippen molar-refractivity contribution in [2.45, 2.75) is 32.4 Å². The zero-order valence-electron chi connectivity index (χ0n) is 10.5. The Morgan fingerprint density at radius 2 is 2.16 bits per heavy atom. The van der Waals surface area contributed by atoms with Gasteiger partial charge >= 0.3 is 0 Å². The van der Waals surface area contributed by atoms with Gasteiger partial charge in [0, 0.05) is 36.0 Å². The van der Waals surface area contributed by atoms with Crippen LogP contribution < -0.4 is 5.32 Å². The molecule has 2 aliphatic rings. The molecule has 3 heterocycles. The normalized spacial score (nSPS) is 22.5. The molecule has 1 saturated heterocycles. The number of nitrogens with one attached hydrogen (secondary N) is 1. The molecule has 1 N–H and O–H groups in total. The molecule has 0 aliphatic carbocycles. The summed E-state index contributed by atoms with van der Waals surface area (Å²) in [5.74, 6) is -0.818. The van der Waals surface area contributed by atoms with E-state index < -0.39 is 6.04 Å². The van der Waals surface area contributed by atoms with Crippen LogP contribution in [-0.2, 0) is 16.1 Å². The molecule has 0 bridgehead atoms. The van der Waals surface area contributed by atoms with E-state index in [-0.39, 0.29) is 24.1 Å². The largest absolute Gasteiger partial charge is 0.322 e. The molecule has 1 aromatic heterocycles. The fourth-order valence-corrected chi connectivity index (χ4v) is 2.63. The number of rotatable bonds is 1. The number of imide groups is 1. The Morgan fingerprint density at radius 3 is 2.84 bits per heavy atom. The highest BCUT2D eigenvalue weighted by atomic mass is 16.2. The van der Waals surface area contributed by atoms with Gasteiger partial charge in [0.2, 0.25) is 11.8 Å². The lowest BCUT2D eigenvalue weighted by Gasteiger charge is -2.29. The summed E-state index contributed by atoms with van der Waals surface area (Å²) in [6, 6.07) is 1.12. The zero-order chi connectivity index (χ0) is 13.6. The standard InChI is InChI=1S/C13H13N3O3/c1-7-9-6-16(13(19)8(9)4-5-14-7)10-2-3-11(17)15-12(10)18/h4-5,10H,2-3,6H2,1H3,(H,15,17,18). The smallest absolute Gasteiger partial charge is 0.255 e. The number of aryl methyl sites for hydroxylation is 1. The molecule has 0 spiro atoms. The van der Waals surface area contributed by atoms with Crippen LogP contribution >= 0.6 is 0 Å². The summed E-state index contributed by atoms with van der Waals surface area (Å²) in [5.41, 5.74) is 2.29. The Labute approximate surface area is 109 Å². The minimum atomic E-state index is -0.558. The fraction of sp³-hybridized carbons (Fsp3) is 0.385. The van der Waals surface area contributed by atoms with Gasteiger partial charge in [-0.05, 0) is 19.4 Å². The quantitative estimate of drug-likeness (QED) is 0.728. The Kier molecular flexibility index (Phi) is 2.58. The summed E-state index contributed by atoms with van der Waals surface area (Å²) in [5, 5.41) is 2.28. The highest BCUT2D eigenvalue weighted by Crippen LogP contribution is 2.28. The van der Waals surface area contributed by atoms with Crippen molar-refractivity contribution in [2.75, 3.05) is 0 Å². The summed E-state index contributed by atoms with van der Waals surface area (Å²) in [6.45, 7) is 2.24. The van der Waals surface area contributed by atoms with Gasteiger partial charge in [0.15, 0.2) is 0 Å². The van der Waals surface area contributed by atoms with Crippen molar-refractivity contribution in [1.82, 2.24) is 15.2 Å². The van der Waals surface area contributed by atoms with Crippen molar-refractivity contribution in [2.24, 2.45) is 0 Å². The first kappa shape index (κ1) is 11.8. The fourth-order valence-electron chi connectivity index (χ4n) is 2.63. The number of hydrogen-bond donors (Lipinski definition) is 1. The van der Waals surface area contributed by atoms with E-state index in [2.05, 4.69) is 10.3 Å². The molecule has 2 aliphatic heterocycles. The number of aromatic nitrogens is 1. The summed E-state index contributed by atoms with van der Waals surface area (Å²) >= 11 is 0. The first-order valence-electron chi connectivity index (χ1n) is 6.17. The van der Waals surface area contributed by atoms with Crippen LogP contribution in [0.25, 0.3) is 0 Å². The first-order chi connectivity index (χ1) is 9.08. The lowest BCUT2D eigenvalue weighted by molar-refractivity contribution is -0.136. The van der Waals surface area contributed by atoms with E-state index in [4.69, 9.17) is 0 Å². The van der Waals surface area contributed by atoms with E-state index in [0.29, 0.717) is 18.5 Å². The third kappa shape index (κ3) is 1.80. The van der Waals surface area contributed by atoms with Crippen molar-refractivity contribution in [3.8, 4) is 0 Å². The van der Waals surface area contributed by atoms with Crippen LogP contribution in [0.2, 0.25) is 0 Å². The van der Waals surface area contributed by atoms with Crippen LogP contribution in [0, 0.1) is 6.92 Å². The molecular formula is C13H13N3O3. The summed E-state index contributed by atoms with van der Waals surface area (Å²) in [4.78, 5) is 41.0. The van der Waals surface area contributed by atoms with Crippen LogP contribution in [0.3, 0.4) is 0 Å². The van der Waals surface area contributed by atoms with Crippen LogP contribution in [0.5, 0.6) is 0 Å². The van der Waals surface area contributed by atoms with E-state index in [9.17, 15) is 14.4 Å². The molecule has 6 heteroatoms. The molecule has 1 atom stereocenters. The van der Waals surface area contributed by atoms with Crippen LogP contribution in [0.15, 0.2) is 12.3 Å². The van der Waals surface area contributed by atoms with E-state index in [1.807, 2.05) is 6.92 Å². The molecule has 98 valence electrons. The number of carbonyl (C=O) groups excluding carboxylic acids is 3. The monoisotopic (exact) mass is 259 g/mol. The van der Waals surface area contributed by atoms with Gasteiger partial charge in [-0.1, -0.05) is 0 Å². The SMILES string of the molecule is Cc1nccc2c1CN(C1CCC(=O)NC1=O)C2=O. The van der Waals surface area contributed by atoms with Crippen LogP contribution in [0.4, 0.5) is 0 Å². The van der Waals surface area contributed by atoms with Crippen molar-refractivity contribution in [3.63, 3.8) is 0 Å². The molecule has 6 nitrogen and oxygen atoms in total. The van der Waals surface area contributed by atoms with Gasteiger partial charge in [0.25, 0.3) is 5.91 Å². The number of nitrogens with zero attached hydrogens (tertiary/aromatic N) is 2. The highest BCUT2D eigenvalue weighted by molar-refractivity contribution is 6.05. The Bertz CT molecular complexity index is 597. The van der Waals surface area contributed by atoms with Gasteiger partial charge in [-0.2, -0.15) is 0 Å². The number of carbonyl (C=O) groups is 3. The predicted octanol–water partition coefficient (Wildman–Crippen LogP) is 0.151. The third-order valence-corrected chi connectivity index (χ3v) is 3.68.